The van der Waals surface area contributed by atoms with Crippen LogP contribution < -0.4 is 5.32 Å². The summed E-state index contributed by atoms with van der Waals surface area (Å²) < 4.78 is 13.5. The molecule has 0 aliphatic rings. The van der Waals surface area contributed by atoms with Gasteiger partial charge in [-0.3, -0.25) is 0 Å². The number of aromatic carboxylic acids is 1. The van der Waals surface area contributed by atoms with Crippen molar-refractivity contribution in [1.82, 2.24) is 4.90 Å². The van der Waals surface area contributed by atoms with Crippen molar-refractivity contribution in [3.8, 4) is 0 Å². The third-order valence-electron chi connectivity index (χ3n) is 3.19. The van der Waals surface area contributed by atoms with Gasteiger partial charge < -0.3 is 15.3 Å². The van der Waals surface area contributed by atoms with Crippen LogP contribution in [0.1, 0.15) is 37.6 Å². The molecule has 0 aliphatic heterocycles. The number of carbonyl (C=O) groups is 2. The van der Waals surface area contributed by atoms with E-state index in [2.05, 4.69) is 5.32 Å². The van der Waals surface area contributed by atoms with E-state index in [4.69, 9.17) is 5.11 Å². The smallest absolute Gasteiger partial charge is 0.340 e. The van der Waals surface area contributed by atoms with Gasteiger partial charge in [0.1, 0.15) is 11.4 Å². The Kier molecular flexibility index (Phi) is 5.49. The minimum Gasteiger partial charge on any atom is -0.478 e. The third-order valence-corrected chi connectivity index (χ3v) is 3.19. The average molecular weight is 282 g/mol. The van der Waals surface area contributed by atoms with Crippen LogP contribution >= 0.6 is 0 Å². The second-order valence-corrected chi connectivity index (χ2v) is 4.44. The minimum atomic E-state index is -1.41. The normalized spacial score (nSPS) is 11.8. The summed E-state index contributed by atoms with van der Waals surface area (Å²) in [6, 6.07) is 3.36. The summed E-state index contributed by atoms with van der Waals surface area (Å²) >= 11 is 0. The maximum absolute atomic E-state index is 13.5. The Balaban J connectivity index is 3.01. The lowest BCUT2D eigenvalue weighted by Gasteiger charge is -2.27. The Morgan fingerprint density at radius 1 is 1.40 bits per heavy atom. The largest absolute Gasteiger partial charge is 0.478 e. The van der Waals surface area contributed by atoms with Crippen molar-refractivity contribution in [3.63, 3.8) is 0 Å². The van der Waals surface area contributed by atoms with Gasteiger partial charge in [0.05, 0.1) is 5.69 Å². The first kappa shape index (κ1) is 15.9. The highest BCUT2D eigenvalue weighted by atomic mass is 19.1. The third kappa shape index (κ3) is 3.46. The van der Waals surface area contributed by atoms with Crippen molar-refractivity contribution in [1.29, 1.82) is 0 Å². The molecule has 110 valence electrons. The Bertz CT molecular complexity index is 505. The van der Waals surface area contributed by atoms with Crippen LogP contribution in [-0.2, 0) is 0 Å². The number of benzene rings is 1. The highest BCUT2D eigenvalue weighted by molar-refractivity contribution is 6.00. The average Bonchev–Trinajstić information content (AvgIpc) is 2.38. The maximum Gasteiger partial charge on any atom is 0.340 e. The van der Waals surface area contributed by atoms with Gasteiger partial charge >= 0.3 is 12.0 Å². The molecule has 0 radical (unpaired) electrons. The van der Waals surface area contributed by atoms with Crippen molar-refractivity contribution in [3.05, 3.63) is 29.6 Å². The molecule has 0 bridgehead atoms. The van der Waals surface area contributed by atoms with Crippen LogP contribution in [0.5, 0.6) is 0 Å². The molecule has 5 nitrogen and oxygen atoms in total. The van der Waals surface area contributed by atoms with Gasteiger partial charge in [-0.2, -0.15) is 0 Å². The summed E-state index contributed by atoms with van der Waals surface area (Å²) in [5.41, 5.74) is -0.565. The van der Waals surface area contributed by atoms with Gasteiger partial charge in [-0.05, 0) is 32.4 Å². The summed E-state index contributed by atoms with van der Waals surface area (Å²) in [6.45, 7) is 6.16. The standard InChI is InChI=1S/C14H19FN2O3/c1-4-9(3)17(5-2)14(20)16-11-8-6-7-10(15)12(11)13(18)19/h6-9H,4-5H2,1-3H3,(H,16,20)(H,18,19). The van der Waals surface area contributed by atoms with Gasteiger partial charge in [0.2, 0.25) is 0 Å². The van der Waals surface area contributed by atoms with E-state index in [0.717, 1.165) is 12.5 Å². The first-order chi connectivity index (χ1) is 9.42. The molecule has 6 heteroatoms. The summed E-state index contributed by atoms with van der Waals surface area (Å²) in [6.07, 6.45) is 0.774. The quantitative estimate of drug-likeness (QED) is 0.871. The van der Waals surface area contributed by atoms with E-state index in [0.29, 0.717) is 6.54 Å². The van der Waals surface area contributed by atoms with E-state index in [1.54, 1.807) is 4.90 Å². The minimum absolute atomic E-state index is 0.0156. The van der Waals surface area contributed by atoms with Crippen LogP contribution in [0.3, 0.4) is 0 Å². The number of carboxylic acid groups (broad SMARTS) is 1. The Hall–Kier alpha value is -2.11. The second-order valence-electron chi connectivity index (χ2n) is 4.44. The molecule has 20 heavy (non-hydrogen) atoms. The number of nitrogens with one attached hydrogen (secondary N) is 1. The maximum atomic E-state index is 13.5. The lowest BCUT2D eigenvalue weighted by atomic mass is 10.1. The first-order valence-electron chi connectivity index (χ1n) is 6.51. The molecule has 1 atom stereocenters. The number of rotatable bonds is 5. The zero-order valence-corrected chi connectivity index (χ0v) is 11.8. The van der Waals surface area contributed by atoms with Crippen molar-refractivity contribution >= 4 is 17.7 Å². The molecule has 2 amide bonds. The topological polar surface area (TPSA) is 69.6 Å². The molecule has 1 unspecified atom stereocenters. The Labute approximate surface area is 117 Å². The van der Waals surface area contributed by atoms with Crippen molar-refractivity contribution in [2.24, 2.45) is 0 Å². The van der Waals surface area contributed by atoms with Gasteiger partial charge in [-0.15, -0.1) is 0 Å². The molecule has 0 spiro atoms. The number of anilines is 1. The van der Waals surface area contributed by atoms with Crippen LogP contribution in [0.25, 0.3) is 0 Å². The molecule has 0 fully saturated rings. The number of hydrogen-bond acceptors (Lipinski definition) is 2. The van der Waals surface area contributed by atoms with Crippen molar-refractivity contribution < 1.29 is 19.1 Å². The van der Waals surface area contributed by atoms with Gasteiger partial charge in [-0.1, -0.05) is 13.0 Å². The van der Waals surface area contributed by atoms with E-state index >= 15 is 0 Å². The lowest BCUT2D eigenvalue weighted by Crippen LogP contribution is -2.41. The monoisotopic (exact) mass is 282 g/mol. The van der Waals surface area contributed by atoms with E-state index in [9.17, 15) is 14.0 Å². The molecule has 0 saturated heterocycles. The number of amides is 2. The number of hydrogen-bond donors (Lipinski definition) is 2. The van der Waals surface area contributed by atoms with Gasteiger partial charge in [0.25, 0.3) is 0 Å². The van der Waals surface area contributed by atoms with E-state index < -0.39 is 23.4 Å². The van der Waals surface area contributed by atoms with E-state index in [1.165, 1.54) is 12.1 Å². The SMILES string of the molecule is CCC(C)N(CC)C(=O)Nc1cccc(F)c1C(=O)O. The van der Waals surface area contributed by atoms with Crippen molar-refractivity contribution in [2.75, 3.05) is 11.9 Å². The molecule has 0 aromatic heterocycles. The summed E-state index contributed by atoms with van der Waals surface area (Å²) in [4.78, 5) is 24.7. The fourth-order valence-electron chi connectivity index (χ4n) is 1.91. The predicted octanol–water partition coefficient (Wildman–Crippen LogP) is 3.18. The fourth-order valence-corrected chi connectivity index (χ4v) is 1.91. The van der Waals surface area contributed by atoms with Crippen LogP contribution in [0.15, 0.2) is 18.2 Å². The van der Waals surface area contributed by atoms with Gasteiger partial charge in [0, 0.05) is 12.6 Å². The summed E-state index contributed by atoms with van der Waals surface area (Å²) in [5.74, 6) is -2.29. The van der Waals surface area contributed by atoms with Crippen LogP contribution in [0.2, 0.25) is 0 Å². The Morgan fingerprint density at radius 3 is 2.55 bits per heavy atom. The zero-order chi connectivity index (χ0) is 15.3. The highest BCUT2D eigenvalue weighted by Gasteiger charge is 2.21. The molecule has 0 aliphatic carbocycles. The molecule has 2 N–H and O–H groups in total. The molecule has 1 rings (SSSR count). The fraction of sp³-hybridized carbons (Fsp3) is 0.429. The number of carboxylic acids is 1. The zero-order valence-electron chi connectivity index (χ0n) is 11.8. The number of halogens is 1. The molecule has 1 aromatic rings. The molecular formula is C14H19FN2O3. The van der Waals surface area contributed by atoms with Gasteiger partial charge in [-0.25, -0.2) is 14.0 Å². The van der Waals surface area contributed by atoms with Crippen LogP contribution in [-0.4, -0.2) is 34.6 Å². The first-order valence-corrected chi connectivity index (χ1v) is 6.51. The summed E-state index contributed by atoms with van der Waals surface area (Å²) in [7, 11) is 0. The highest BCUT2D eigenvalue weighted by Crippen LogP contribution is 2.20. The number of carbonyl (C=O) groups excluding carboxylic acids is 1. The van der Waals surface area contributed by atoms with Gasteiger partial charge in [0.15, 0.2) is 0 Å². The molecule has 0 saturated carbocycles. The van der Waals surface area contributed by atoms with Crippen LogP contribution in [0, 0.1) is 5.82 Å². The van der Waals surface area contributed by atoms with Crippen LogP contribution in [0.4, 0.5) is 14.9 Å². The van der Waals surface area contributed by atoms with E-state index in [-0.39, 0.29) is 11.7 Å². The molecule has 1 aromatic carbocycles. The second kappa shape index (κ2) is 6.88. The number of urea groups is 1. The molecule has 0 heterocycles. The molecular weight excluding hydrogens is 263 g/mol. The Morgan fingerprint density at radius 2 is 2.05 bits per heavy atom. The lowest BCUT2D eigenvalue weighted by molar-refractivity contribution is 0.0693. The summed E-state index contributed by atoms with van der Waals surface area (Å²) in [5, 5.41) is 11.5. The number of nitrogens with zero attached hydrogens (tertiary/aromatic N) is 1. The van der Waals surface area contributed by atoms with E-state index in [1.807, 2.05) is 20.8 Å². The van der Waals surface area contributed by atoms with Crippen molar-refractivity contribution in [2.45, 2.75) is 33.2 Å². The predicted molar refractivity (Wildman–Crippen MR) is 74.5 cm³/mol.